The summed E-state index contributed by atoms with van der Waals surface area (Å²) in [5.41, 5.74) is -0.619. The summed E-state index contributed by atoms with van der Waals surface area (Å²) in [5, 5.41) is 16.0. The molecule has 1 saturated heterocycles. The summed E-state index contributed by atoms with van der Waals surface area (Å²) in [7, 11) is 0. The average molecular weight is 522 g/mol. The molecule has 4 rings (SSSR count). The minimum absolute atomic E-state index is 0.00332. The molecule has 2 aliphatic rings. The largest absolute Gasteiger partial charge is 0.391 e. The van der Waals surface area contributed by atoms with Gasteiger partial charge in [-0.2, -0.15) is 0 Å². The number of halogens is 2. The lowest BCUT2D eigenvalue weighted by atomic mass is 10.1. The van der Waals surface area contributed by atoms with E-state index in [1.807, 2.05) is 27.7 Å². The molecule has 11 heteroatoms. The van der Waals surface area contributed by atoms with Crippen molar-refractivity contribution in [2.45, 2.75) is 90.0 Å². The second-order valence-corrected chi connectivity index (χ2v) is 11.6. The zero-order chi connectivity index (χ0) is 26.2. The van der Waals surface area contributed by atoms with E-state index in [1.165, 1.54) is 12.3 Å². The van der Waals surface area contributed by atoms with E-state index >= 15 is 0 Å². The standard InChI is InChI=1S/C25H33F2N5O3S/c1-13-7-6-10-32(13)24(35)19-20(36-23(30-19)22(34)29-16-8-5-9-17(16)33)15-12-28-18(31-25(2,3)4)11-14(15)21(26)27/h11-13,16-17,21,33H,5-10H2,1-4H3,(H,28,31)(H,29,34)/t13-,16+,17-/m0/s1. The molecule has 1 saturated carbocycles. The van der Waals surface area contributed by atoms with Crippen LogP contribution in [0.5, 0.6) is 0 Å². The molecule has 2 aromatic heterocycles. The van der Waals surface area contributed by atoms with Crippen LogP contribution < -0.4 is 10.6 Å². The number of carbonyl (C=O) groups excluding carboxylic acids is 2. The highest BCUT2D eigenvalue weighted by molar-refractivity contribution is 7.17. The molecule has 36 heavy (non-hydrogen) atoms. The van der Waals surface area contributed by atoms with Gasteiger partial charge in [-0.15, -0.1) is 11.3 Å². The number of pyridine rings is 1. The molecule has 0 bridgehead atoms. The SMILES string of the molecule is C[C@H]1CCCN1C(=O)c1nc(C(=O)N[C@@H]2CCC[C@@H]2O)sc1-c1cnc(NC(C)(C)C)cc1C(F)F. The molecule has 2 fully saturated rings. The van der Waals surface area contributed by atoms with Crippen LogP contribution in [-0.2, 0) is 0 Å². The van der Waals surface area contributed by atoms with Gasteiger partial charge < -0.3 is 20.6 Å². The third-order valence-electron chi connectivity index (χ3n) is 6.55. The number of likely N-dealkylation sites (tertiary alicyclic amines) is 1. The third-order valence-corrected chi connectivity index (χ3v) is 7.64. The summed E-state index contributed by atoms with van der Waals surface area (Å²) in [6, 6.07) is 0.874. The number of nitrogens with one attached hydrogen (secondary N) is 2. The molecular formula is C25H33F2N5O3S. The fourth-order valence-corrected chi connectivity index (χ4v) is 5.74. The Bertz CT molecular complexity index is 1130. The van der Waals surface area contributed by atoms with Gasteiger partial charge in [0.2, 0.25) is 0 Å². The minimum Gasteiger partial charge on any atom is -0.391 e. The van der Waals surface area contributed by atoms with Crippen LogP contribution >= 0.6 is 11.3 Å². The number of aromatic nitrogens is 2. The van der Waals surface area contributed by atoms with Crippen molar-refractivity contribution in [1.82, 2.24) is 20.2 Å². The van der Waals surface area contributed by atoms with Gasteiger partial charge in [0.05, 0.1) is 17.0 Å². The summed E-state index contributed by atoms with van der Waals surface area (Å²) >= 11 is 0.898. The predicted octanol–water partition coefficient (Wildman–Crippen LogP) is 4.62. The van der Waals surface area contributed by atoms with Crippen molar-refractivity contribution >= 4 is 29.0 Å². The Morgan fingerprint density at radius 1 is 1.22 bits per heavy atom. The number of rotatable bonds is 6. The first-order valence-corrected chi connectivity index (χ1v) is 13.1. The summed E-state index contributed by atoms with van der Waals surface area (Å²) in [6.07, 6.45) is 1.57. The molecule has 196 valence electrons. The van der Waals surface area contributed by atoms with Gasteiger partial charge in [0.15, 0.2) is 5.01 Å². The maximum absolute atomic E-state index is 14.2. The molecular weight excluding hydrogens is 488 g/mol. The van der Waals surface area contributed by atoms with Gasteiger partial charge in [-0.1, -0.05) is 0 Å². The molecule has 0 unspecified atom stereocenters. The lowest BCUT2D eigenvalue weighted by Gasteiger charge is -2.23. The second-order valence-electron chi connectivity index (χ2n) is 10.6. The second kappa shape index (κ2) is 10.4. The first kappa shape index (κ1) is 26.4. The quantitative estimate of drug-likeness (QED) is 0.512. The van der Waals surface area contributed by atoms with E-state index in [-0.39, 0.29) is 44.2 Å². The van der Waals surface area contributed by atoms with Crippen molar-refractivity contribution in [1.29, 1.82) is 0 Å². The maximum atomic E-state index is 14.2. The average Bonchev–Trinajstić information content (AvgIpc) is 3.52. The van der Waals surface area contributed by atoms with Gasteiger partial charge in [0, 0.05) is 35.4 Å². The zero-order valence-electron chi connectivity index (χ0n) is 21.0. The Balaban J connectivity index is 1.76. The Kier molecular flexibility index (Phi) is 7.61. The summed E-state index contributed by atoms with van der Waals surface area (Å²) < 4.78 is 28.5. The van der Waals surface area contributed by atoms with Crippen molar-refractivity contribution in [3.63, 3.8) is 0 Å². The molecule has 0 radical (unpaired) electrons. The number of anilines is 1. The van der Waals surface area contributed by atoms with E-state index < -0.39 is 24.5 Å². The van der Waals surface area contributed by atoms with E-state index in [0.29, 0.717) is 25.2 Å². The number of aliphatic hydroxyl groups is 1. The maximum Gasteiger partial charge on any atom is 0.280 e. The van der Waals surface area contributed by atoms with Gasteiger partial charge in [-0.3, -0.25) is 9.59 Å². The van der Waals surface area contributed by atoms with Crippen LogP contribution in [0.25, 0.3) is 10.4 Å². The van der Waals surface area contributed by atoms with Crippen LogP contribution in [0, 0.1) is 0 Å². The number of amides is 2. The number of carbonyl (C=O) groups is 2. The number of nitrogens with zero attached hydrogens (tertiary/aromatic N) is 3. The van der Waals surface area contributed by atoms with Crippen molar-refractivity contribution < 1.29 is 23.5 Å². The highest BCUT2D eigenvalue weighted by Crippen LogP contribution is 2.39. The Morgan fingerprint density at radius 3 is 2.56 bits per heavy atom. The highest BCUT2D eigenvalue weighted by Gasteiger charge is 2.34. The Labute approximate surface area is 213 Å². The van der Waals surface area contributed by atoms with Gasteiger partial charge in [0.1, 0.15) is 11.5 Å². The van der Waals surface area contributed by atoms with Gasteiger partial charge in [-0.25, -0.2) is 18.7 Å². The van der Waals surface area contributed by atoms with E-state index in [0.717, 1.165) is 30.6 Å². The van der Waals surface area contributed by atoms with E-state index in [2.05, 4.69) is 20.6 Å². The monoisotopic (exact) mass is 521 g/mol. The predicted molar refractivity (Wildman–Crippen MR) is 135 cm³/mol. The number of hydrogen-bond donors (Lipinski definition) is 3. The minimum atomic E-state index is -2.83. The molecule has 8 nitrogen and oxygen atoms in total. The van der Waals surface area contributed by atoms with E-state index in [1.54, 1.807) is 4.90 Å². The third kappa shape index (κ3) is 5.67. The van der Waals surface area contributed by atoms with Crippen LogP contribution in [-0.4, -0.2) is 62.1 Å². The van der Waals surface area contributed by atoms with Crippen LogP contribution in [0.15, 0.2) is 12.3 Å². The van der Waals surface area contributed by atoms with E-state index in [4.69, 9.17) is 0 Å². The Hall–Kier alpha value is -2.66. The first-order chi connectivity index (χ1) is 16.9. The normalized spacial score (nSPS) is 22.3. The molecule has 1 aliphatic heterocycles. The van der Waals surface area contributed by atoms with Crippen LogP contribution in [0.3, 0.4) is 0 Å². The molecule has 3 heterocycles. The van der Waals surface area contributed by atoms with Gasteiger partial charge in [-0.05, 0) is 65.9 Å². The molecule has 3 atom stereocenters. The number of thiazole rings is 1. The van der Waals surface area contributed by atoms with Crippen LogP contribution in [0.1, 0.15) is 92.1 Å². The van der Waals surface area contributed by atoms with Gasteiger partial charge in [0.25, 0.3) is 18.2 Å². The first-order valence-electron chi connectivity index (χ1n) is 12.3. The number of alkyl halides is 2. The lowest BCUT2D eigenvalue weighted by molar-refractivity contribution is 0.0742. The fourth-order valence-electron chi connectivity index (χ4n) is 4.75. The lowest BCUT2D eigenvalue weighted by Crippen LogP contribution is -2.40. The van der Waals surface area contributed by atoms with Crippen molar-refractivity contribution in [3.05, 3.63) is 28.5 Å². The van der Waals surface area contributed by atoms with Crippen LogP contribution in [0.2, 0.25) is 0 Å². The molecule has 0 aromatic carbocycles. The summed E-state index contributed by atoms with van der Waals surface area (Å²) in [6.45, 7) is 8.17. The van der Waals surface area contributed by atoms with Crippen LogP contribution in [0.4, 0.5) is 14.6 Å². The molecule has 0 spiro atoms. The fraction of sp³-hybridized carbons (Fsp3) is 0.600. The zero-order valence-corrected chi connectivity index (χ0v) is 21.8. The van der Waals surface area contributed by atoms with Crippen molar-refractivity contribution in [2.75, 3.05) is 11.9 Å². The molecule has 2 amide bonds. The highest BCUT2D eigenvalue weighted by atomic mass is 32.1. The topological polar surface area (TPSA) is 107 Å². The van der Waals surface area contributed by atoms with E-state index in [9.17, 15) is 23.5 Å². The smallest absolute Gasteiger partial charge is 0.280 e. The van der Waals surface area contributed by atoms with Crippen molar-refractivity contribution in [2.24, 2.45) is 0 Å². The molecule has 1 aliphatic carbocycles. The summed E-state index contributed by atoms with van der Waals surface area (Å²) in [5.74, 6) is -0.623. The molecule has 2 aromatic rings. The molecule has 3 N–H and O–H groups in total. The number of aliphatic hydroxyl groups excluding tert-OH is 1. The van der Waals surface area contributed by atoms with Crippen molar-refractivity contribution in [3.8, 4) is 10.4 Å². The van der Waals surface area contributed by atoms with Gasteiger partial charge >= 0.3 is 0 Å². The summed E-state index contributed by atoms with van der Waals surface area (Å²) in [4.78, 5) is 37.1. The Morgan fingerprint density at radius 2 is 1.97 bits per heavy atom. The number of hydrogen-bond acceptors (Lipinski definition) is 7.